The number of carbonyl (C=O) groups is 1. The molecule has 1 aromatic carbocycles. The van der Waals surface area contributed by atoms with E-state index >= 15 is 0 Å². The second-order valence-electron chi connectivity index (χ2n) is 6.91. The standard InChI is InChI=1S/C20H21FN4O2S/c21-15-4-1-3-14(7-15)20(27)23-16-9-22-25(10-16)17-8-18(13-26)24(11-17)12-19-5-2-6-28-19/h1-7,9-10,17-18,26H,8,11-13H2,(H,23,27)/t17-,18-/m0/s1. The quantitative estimate of drug-likeness (QED) is 0.667. The third kappa shape index (κ3) is 4.14. The Kier molecular flexibility index (Phi) is 5.52. The summed E-state index contributed by atoms with van der Waals surface area (Å²) in [5.41, 5.74) is 0.822. The molecule has 1 aliphatic heterocycles. The van der Waals surface area contributed by atoms with Gasteiger partial charge in [0.15, 0.2) is 0 Å². The smallest absolute Gasteiger partial charge is 0.255 e. The van der Waals surface area contributed by atoms with Crippen LogP contribution < -0.4 is 5.32 Å². The van der Waals surface area contributed by atoms with Gasteiger partial charge in [-0.3, -0.25) is 14.4 Å². The number of benzene rings is 1. The highest BCUT2D eigenvalue weighted by Gasteiger charge is 2.33. The minimum atomic E-state index is -0.449. The largest absolute Gasteiger partial charge is 0.395 e. The monoisotopic (exact) mass is 400 g/mol. The van der Waals surface area contributed by atoms with E-state index in [1.165, 1.54) is 23.1 Å². The maximum Gasteiger partial charge on any atom is 0.255 e. The first-order chi connectivity index (χ1) is 13.6. The number of rotatable bonds is 6. The van der Waals surface area contributed by atoms with Crippen molar-refractivity contribution in [3.05, 3.63) is 70.4 Å². The first kappa shape index (κ1) is 18.8. The van der Waals surface area contributed by atoms with Crippen LogP contribution in [0.2, 0.25) is 0 Å². The van der Waals surface area contributed by atoms with Crippen LogP contribution in [0.3, 0.4) is 0 Å². The van der Waals surface area contributed by atoms with E-state index in [9.17, 15) is 14.3 Å². The number of nitrogens with one attached hydrogen (secondary N) is 1. The maximum atomic E-state index is 13.3. The molecule has 0 spiro atoms. The minimum absolute atomic E-state index is 0.0848. The molecule has 2 aromatic heterocycles. The molecular formula is C20H21FN4O2S. The number of aromatic nitrogens is 2. The van der Waals surface area contributed by atoms with Gasteiger partial charge in [0.1, 0.15) is 5.82 Å². The van der Waals surface area contributed by atoms with Gasteiger partial charge >= 0.3 is 0 Å². The summed E-state index contributed by atoms with van der Waals surface area (Å²) < 4.78 is 15.1. The zero-order valence-corrected chi connectivity index (χ0v) is 16.0. The van der Waals surface area contributed by atoms with E-state index in [1.807, 2.05) is 10.7 Å². The molecule has 1 amide bonds. The second-order valence-corrected chi connectivity index (χ2v) is 7.94. The van der Waals surface area contributed by atoms with Crippen molar-refractivity contribution in [2.75, 3.05) is 18.5 Å². The maximum absolute atomic E-state index is 13.3. The lowest BCUT2D eigenvalue weighted by molar-refractivity contribution is 0.102. The first-order valence-corrected chi connectivity index (χ1v) is 9.98. The van der Waals surface area contributed by atoms with Crippen LogP contribution in [0, 0.1) is 5.82 Å². The number of carbonyl (C=O) groups excluding carboxylic acids is 1. The third-order valence-electron chi connectivity index (χ3n) is 4.98. The molecule has 0 radical (unpaired) electrons. The summed E-state index contributed by atoms with van der Waals surface area (Å²) in [6.45, 7) is 1.69. The van der Waals surface area contributed by atoms with Crippen molar-refractivity contribution in [3.63, 3.8) is 0 Å². The number of nitrogens with zero attached hydrogens (tertiary/aromatic N) is 3. The van der Waals surface area contributed by atoms with Gasteiger partial charge in [0, 0.05) is 35.8 Å². The van der Waals surface area contributed by atoms with Crippen LogP contribution in [0.5, 0.6) is 0 Å². The SMILES string of the molecule is O=C(Nc1cnn([C@H]2C[C@@H](CO)N(Cc3cccs3)C2)c1)c1cccc(F)c1. The van der Waals surface area contributed by atoms with Crippen molar-refractivity contribution < 1.29 is 14.3 Å². The fourth-order valence-electron chi connectivity index (χ4n) is 3.57. The number of halogens is 1. The summed E-state index contributed by atoms with van der Waals surface area (Å²) in [7, 11) is 0. The highest BCUT2D eigenvalue weighted by Crippen LogP contribution is 2.29. The molecule has 3 heterocycles. The molecule has 6 nitrogen and oxygen atoms in total. The third-order valence-corrected chi connectivity index (χ3v) is 5.84. The summed E-state index contributed by atoms with van der Waals surface area (Å²) in [5, 5.41) is 18.9. The number of hydrogen-bond donors (Lipinski definition) is 2. The van der Waals surface area contributed by atoms with Crippen LogP contribution in [0.25, 0.3) is 0 Å². The molecule has 0 bridgehead atoms. The molecule has 1 aliphatic rings. The first-order valence-electron chi connectivity index (χ1n) is 9.11. The number of anilines is 1. The van der Waals surface area contributed by atoms with Gasteiger partial charge in [-0.25, -0.2) is 4.39 Å². The summed E-state index contributed by atoms with van der Waals surface area (Å²) >= 11 is 1.71. The van der Waals surface area contributed by atoms with Gasteiger partial charge in [0.2, 0.25) is 0 Å². The number of aliphatic hydroxyl groups is 1. The second kappa shape index (κ2) is 8.22. The van der Waals surface area contributed by atoms with Gasteiger partial charge in [-0.1, -0.05) is 12.1 Å². The van der Waals surface area contributed by atoms with E-state index in [0.717, 1.165) is 19.5 Å². The lowest BCUT2D eigenvalue weighted by atomic mass is 10.2. The summed E-state index contributed by atoms with van der Waals surface area (Å²) in [4.78, 5) is 15.8. The average molecular weight is 400 g/mol. The van der Waals surface area contributed by atoms with Crippen LogP contribution in [-0.4, -0.2) is 44.9 Å². The molecule has 0 unspecified atom stereocenters. The minimum Gasteiger partial charge on any atom is -0.395 e. The molecule has 2 N–H and O–H groups in total. The van der Waals surface area contributed by atoms with E-state index in [4.69, 9.17) is 0 Å². The summed E-state index contributed by atoms with van der Waals surface area (Å²) in [5.74, 6) is -0.826. The zero-order valence-electron chi connectivity index (χ0n) is 15.2. The Morgan fingerprint density at radius 1 is 1.36 bits per heavy atom. The number of hydrogen-bond acceptors (Lipinski definition) is 5. The van der Waals surface area contributed by atoms with E-state index in [2.05, 4.69) is 26.8 Å². The molecule has 8 heteroatoms. The summed E-state index contributed by atoms with van der Waals surface area (Å²) in [6.07, 6.45) is 4.17. The Balaban J connectivity index is 1.41. The highest BCUT2D eigenvalue weighted by atomic mass is 32.1. The highest BCUT2D eigenvalue weighted by molar-refractivity contribution is 7.09. The number of likely N-dealkylation sites (tertiary alicyclic amines) is 1. The molecule has 3 aromatic rings. The van der Waals surface area contributed by atoms with Crippen molar-refractivity contribution >= 4 is 22.9 Å². The number of thiophene rings is 1. The van der Waals surface area contributed by atoms with E-state index in [1.54, 1.807) is 29.8 Å². The van der Waals surface area contributed by atoms with Crippen molar-refractivity contribution in [1.29, 1.82) is 0 Å². The average Bonchev–Trinajstić information content (AvgIpc) is 3.43. The van der Waals surface area contributed by atoms with Crippen molar-refractivity contribution in [2.45, 2.75) is 25.0 Å². The molecule has 0 aliphatic carbocycles. The molecule has 1 fully saturated rings. The van der Waals surface area contributed by atoms with Crippen LogP contribution in [-0.2, 0) is 6.54 Å². The van der Waals surface area contributed by atoms with Crippen molar-refractivity contribution in [3.8, 4) is 0 Å². The number of amides is 1. The van der Waals surface area contributed by atoms with Crippen molar-refractivity contribution in [2.24, 2.45) is 0 Å². The molecule has 4 rings (SSSR count). The van der Waals surface area contributed by atoms with Crippen molar-refractivity contribution in [1.82, 2.24) is 14.7 Å². The van der Waals surface area contributed by atoms with E-state index in [-0.39, 0.29) is 30.2 Å². The van der Waals surface area contributed by atoms with Crippen LogP contribution in [0.15, 0.2) is 54.2 Å². The van der Waals surface area contributed by atoms with Gasteiger partial charge in [-0.05, 0) is 36.1 Å². The molecule has 146 valence electrons. The topological polar surface area (TPSA) is 70.4 Å². The normalized spacial score (nSPS) is 19.8. The predicted molar refractivity (Wildman–Crippen MR) is 106 cm³/mol. The lowest BCUT2D eigenvalue weighted by Gasteiger charge is -2.21. The Hall–Kier alpha value is -2.55. The predicted octanol–water partition coefficient (Wildman–Crippen LogP) is 3.14. The lowest BCUT2D eigenvalue weighted by Crippen LogP contribution is -2.31. The van der Waals surface area contributed by atoms with Gasteiger partial charge in [0.05, 0.1) is 24.5 Å². The Labute approximate surface area is 166 Å². The molecule has 2 atom stereocenters. The fourth-order valence-corrected chi connectivity index (χ4v) is 4.30. The van der Waals surface area contributed by atoms with Crippen LogP contribution in [0.1, 0.15) is 27.7 Å². The van der Waals surface area contributed by atoms with Gasteiger partial charge in [-0.2, -0.15) is 5.10 Å². The van der Waals surface area contributed by atoms with Crippen LogP contribution >= 0.6 is 11.3 Å². The molecule has 28 heavy (non-hydrogen) atoms. The summed E-state index contributed by atoms with van der Waals surface area (Å²) in [6, 6.07) is 9.90. The van der Waals surface area contributed by atoms with Gasteiger partial charge in [0.25, 0.3) is 5.91 Å². The number of aliphatic hydroxyl groups excluding tert-OH is 1. The molecule has 1 saturated heterocycles. The Morgan fingerprint density at radius 2 is 2.25 bits per heavy atom. The Morgan fingerprint density at radius 3 is 3.00 bits per heavy atom. The van der Waals surface area contributed by atoms with E-state index in [0.29, 0.717) is 5.69 Å². The van der Waals surface area contributed by atoms with Gasteiger partial charge in [-0.15, -0.1) is 11.3 Å². The van der Waals surface area contributed by atoms with E-state index < -0.39 is 5.82 Å². The molecule has 0 saturated carbocycles. The molecular weight excluding hydrogens is 379 g/mol. The van der Waals surface area contributed by atoms with Crippen LogP contribution in [0.4, 0.5) is 10.1 Å². The van der Waals surface area contributed by atoms with Gasteiger partial charge < -0.3 is 10.4 Å². The Bertz CT molecular complexity index is 943. The fraction of sp³-hybridized carbons (Fsp3) is 0.300. The zero-order chi connectivity index (χ0) is 19.5.